The molecule has 0 aliphatic heterocycles. The Kier molecular flexibility index (Phi) is 7.42. The number of urea groups is 1. The van der Waals surface area contributed by atoms with E-state index in [0.29, 0.717) is 22.6 Å². The molecule has 0 bridgehead atoms. The normalized spacial score (nSPS) is 11.4. The lowest BCUT2D eigenvalue weighted by Gasteiger charge is -2.15. The molecule has 2 aromatic rings. The predicted octanol–water partition coefficient (Wildman–Crippen LogP) is 2.82. The zero-order valence-electron chi connectivity index (χ0n) is 13.7. The molecule has 25 heavy (non-hydrogen) atoms. The van der Waals surface area contributed by atoms with Crippen LogP contribution in [0.4, 0.5) is 9.93 Å². The number of nitrogens with one attached hydrogen (secondary N) is 3. The third-order valence-electron chi connectivity index (χ3n) is 2.94. The van der Waals surface area contributed by atoms with Gasteiger partial charge in [0, 0.05) is 13.1 Å². The maximum atomic E-state index is 12.5. The number of amides is 3. The highest BCUT2D eigenvalue weighted by atomic mass is 32.2. The Bertz CT molecular complexity index is 720. The van der Waals surface area contributed by atoms with Crippen LogP contribution in [0.25, 0.3) is 0 Å². The summed E-state index contributed by atoms with van der Waals surface area (Å²) < 4.78 is 0.631. The summed E-state index contributed by atoms with van der Waals surface area (Å²) >= 11 is 2.59. The Morgan fingerprint density at radius 3 is 2.76 bits per heavy atom. The summed E-state index contributed by atoms with van der Waals surface area (Å²) in [6.45, 7) is 6.44. The quantitative estimate of drug-likeness (QED) is 0.484. The van der Waals surface area contributed by atoms with Crippen LogP contribution in [0, 0.1) is 0 Å². The fraction of sp³-hybridized carbons (Fsp3) is 0.250. The third-order valence-corrected chi connectivity index (χ3v) is 5.16. The molecule has 3 N–H and O–H groups in total. The minimum absolute atomic E-state index is 0.405. The molecular formula is C16H19N5O2S2. The van der Waals surface area contributed by atoms with E-state index in [9.17, 15) is 9.59 Å². The van der Waals surface area contributed by atoms with Crippen molar-refractivity contribution in [3.05, 3.63) is 48.6 Å². The van der Waals surface area contributed by atoms with Gasteiger partial charge in [-0.05, 0) is 12.5 Å². The van der Waals surface area contributed by atoms with E-state index in [0.717, 1.165) is 5.56 Å². The number of carbonyl (C=O) groups is 2. The van der Waals surface area contributed by atoms with Crippen molar-refractivity contribution in [1.29, 1.82) is 0 Å². The Balaban J connectivity index is 2.14. The number of anilines is 1. The van der Waals surface area contributed by atoms with Crippen molar-refractivity contribution in [3.63, 3.8) is 0 Å². The maximum absolute atomic E-state index is 12.5. The second kappa shape index (κ2) is 9.80. The van der Waals surface area contributed by atoms with E-state index in [1.54, 1.807) is 13.0 Å². The molecule has 0 radical (unpaired) electrons. The highest BCUT2D eigenvalue weighted by Gasteiger charge is 2.25. The van der Waals surface area contributed by atoms with Crippen LogP contribution in [-0.2, 0) is 4.79 Å². The van der Waals surface area contributed by atoms with Crippen molar-refractivity contribution in [2.24, 2.45) is 0 Å². The van der Waals surface area contributed by atoms with Gasteiger partial charge in [-0.15, -0.1) is 16.8 Å². The molecule has 9 heteroatoms. The van der Waals surface area contributed by atoms with Crippen LogP contribution in [0.5, 0.6) is 0 Å². The van der Waals surface area contributed by atoms with Crippen molar-refractivity contribution < 1.29 is 9.59 Å². The molecule has 1 heterocycles. The van der Waals surface area contributed by atoms with Gasteiger partial charge in [-0.25, -0.2) is 4.79 Å². The van der Waals surface area contributed by atoms with Crippen molar-refractivity contribution in [1.82, 2.24) is 20.8 Å². The number of benzene rings is 1. The molecule has 1 atom stereocenters. The van der Waals surface area contributed by atoms with Gasteiger partial charge in [0.05, 0.1) is 0 Å². The first-order valence-electron chi connectivity index (χ1n) is 7.62. The molecular weight excluding hydrogens is 358 g/mol. The van der Waals surface area contributed by atoms with Gasteiger partial charge < -0.3 is 10.6 Å². The van der Waals surface area contributed by atoms with Crippen LogP contribution in [0.15, 0.2) is 47.3 Å². The molecule has 0 fully saturated rings. The van der Waals surface area contributed by atoms with Crippen LogP contribution in [0.2, 0.25) is 0 Å². The van der Waals surface area contributed by atoms with Crippen LogP contribution < -0.4 is 16.0 Å². The zero-order valence-corrected chi connectivity index (χ0v) is 15.3. The van der Waals surface area contributed by atoms with Gasteiger partial charge in [-0.2, -0.15) is 0 Å². The number of carbonyl (C=O) groups excluding carboxylic acids is 2. The monoisotopic (exact) mass is 377 g/mol. The number of hydrogen-bond donors (Lipinski definition) is 3. The van der Waals surface area contributed by atoms with E-state index in [4.69, 9.17) is 0 Å². The lowest BCUT2D eigenvalue weighted by atomic mass is 10.1. The Morgan fingerprint density at radius 1 is 1.32 bits per heavy atom. The molecule has 0 spiro atoms. The molecule has 7 nitrogen and oxygen atoms in total. The van der Waals surface area contributed by atoms with Crippen LogP contribution in [0.1, 0.15) is 17.7 Å². The lowest BCUT2D eigenvalue weighted by molar-refractivity contribution is -0.119. The summed E-state index contributed by atoms with van der Waals surface area (Å²) in [5.41, 5.74) is 0.782. The van der Waals surface area contributed by atoms with Crippen molar-refractivity contribution in [3.8, 4) is 0 Å². The van der Waals surface area contributed by atoms with Gasteiger partial charge in [-0.1, -0.05) is 59.5 Å². The first-order chi connectivity index (χ1) is 12.1. The summed E-state index contributed by atoms with van der Waals surface area (Å²) in [4.78, 5) is 24.2. The van der Waals surface area contributed by atoms with E-state index < -0.39 is 17.2 Å². The third kappa shape index (κ3) is 5.87. The van der Waals surface area contributed by atoms with Gasteiger partial charge in [0.1, 0.15) is 5.25 Å². The highest BCUT2D eigenvalue weighted by Crippen LogP contribution is 2.37. The fourth-order valence-electron chi connectivity index (χ4n) is 1.87. The molecule has 0 saturated heterocycles. The van der Waals surface area contributed by atoms with E-state index in [-0.39, 0.29) is 0 Å². The van der Waals surface area contributed by atoms with Crippen LogP contribution in [0.3, 0.4) is 0 Å². The van der Waals surface area contributed by atoms with E-state index in [2.05, 4.69) is 32.7 Å². The summed E-state index contributed by atoms with van der Waals surface area (Å²) in [7, 11) is 0. The second-order valence-electron chi connectivity index (χ2n) is 4.80. The fourth-order valence-corrected chi connectivity index (χ4v) is 3.82. The minimum atomic E-state index is -0.607. The Labute approximate surface area is 154 Å². The molecule has 0 unspecified atom stereocenters. The molecule has 132 valence electrons. The van der Waals surface area contributed by atoms with Gasteiger partial charge in [0.2, 0.25) is 11.0 Å². The largest absolute Gasteiger partial charge is 0.357 e. The summed E-state index contributed by atoms with van der Waals surface area (Å²) in [5, 5.41) is 16.1. The average Bonchev–Trinajstić information content (AvgIpc) is 3.06. The lowest BCUT2D eigenvalue weighted by Crippen LogP contribution is -2.41. The topological polar surface area (TPSA) is 96.0 Å². The van der Waals surface area contributed by atoms with Gasteiger partial charge in [0.15, 0.2) is 4.34 Å². The van der Waals surface area contributed by atoms with E-state index in [1.807, 2.05) is 30.3 Å². The number of imide groups is 1. The van der Waals surface area contributed by atoms with Crippen molar-refractivity contribution >= 4 is 40.2 Å². The predicted molar refractivity (Wildman–Crippen MR) is 101 cm³/mol. The van der Waals surface area contributed by atoms with Crippen molar-refractivity contribution in [2.75, 3.05) is 18.4 Å². The maximum Gasteiger partial charge on any atom is 0.321 e. The molecule has 0 aliphatic rings. The summed E-state index contributed by atoms with van der Waals surface area (Å²) in [6.07, 6.45) is 1.72. The number of thioether (sulfide) groups is 1. The van der Waals surface area contributed by atoms with Gasteiger partial charge in [-0.3, -0.25) is 10.1 Å². The summed E-state index contributed by atoms with van der Waals surface area (Å²) in [6, 6.07) is 8.73. The number of aromatic nitrogens is 2. The summed E-state index contributed by atoms with van der Waals surface area (Å²) in [5.74, 6) is -0.405. The first-order valence-corrected chi connectivity index (χ1v) is 9.32. The van der Waals surface area contributed by atoms with E-state index in [1.165, 1.54) is 23.1 Å². The SMILES string of the molecule is C=CCNc1nnc(S[C@@H](C(=O)NC(=O)NCC)c2ccccc2)s1. The van der Waals surface area contributed by atoms with E-state index >= 15 is 0 Å². The molecule has 1 aromatic carbocycles. The average molecular weight is 377 g/mol. The van der Waals surface area contributed by atoms with Crippen molar-refractivity contribution in [2.45, 2.75) is 16.5 Å². The smallest absolute Gasteiger partial charge is 0.321 e. The zero-order chi connectivity index (χ0) is 18.1. The second-order valence-corrected chi connectivity index (χ2v) is 7.13. The van der Waals surface area contributed by atoms with Crippen LogP contribution in [-0.4, -0.2) is 35.2 Å². The molecule has 1 aromatic heterocycles. The Morgan fingerprint density at radius 2 is 2.08 bits per heavy atom. The van der Waals surface area contributed by atoms with Gasteiger partial charge in [0.25, 0.3) is 0 Å². The number of hydrogen-bond acceptors (Lipinski definition) is 7. The minimum Gasteiger partial charge on any atom is -0.357 e. The standard InChI is InChI=1S/C16H19N5O2S2/c1-3-10-18-15-20-21-16(25-15)24-12(11-8-6-5-7-9-11)13(22)19-14(23)17-4-2/h3,5-9,12H,1,4,10H2,2H3,(H,18,20)(H2,17,19,22,23)/t12-/m1/s1. The molecule has 3 amide bonds. The highest BCUT2D eigenvalue weighted by molar-refractivity contribution is 8.01. The van der Waals surface area contributed by atoms with Gasteiger partial charge >= 0.3 is 6.03 Å². The number of rotatable bonds is 8. The molecule has 0 aliphatic carbocycles. The first kappa shape index (κ1) is 18.9. The molecule has 0 saturated carbocycles. The Hall–Kier alpha value is -2.39. The van der Waals surface area contributed by atoms with Crippen LogP contribution >= 0.6 is 23.1 Å². The number of nitrogens with zero attached hydrogens (tertiary/aromatic N) is 2. The molecule has 2 rings (SSSR count).